The first kappa shape index (κ1) is 21.6. The Kier molecular flexibility index (Phi) is 7.59. The van der Waals surface area contributed by atoms with Gasteiger partial charge in [0.2, 0.25) is 11.8 Å². The summed E-state index contributed by atoms with van der Waals surface area (Å²) in [4.78, 5) is 25.1. The van der Waals surface area contributed by atoms with E-state index in [1.807, 2.05) is 45.0 Å². The monoisotopic (exact) mass is 424 g/mol. The maximum Gasteiger partial charge on any atom is 0.234 e. The van der Waals surface area contributed by atoms with Crippen LogP contribution in [0.2, 0.25) is 10.0 Å². The summed E-state index contributed by atoms with van der Waals surface area (Å²) in [7, 11) is 0. The Labute approximate surface area is 174 Å². The van der Waals surface area contributed by atoms with Gasteiger partial charge < -0.3 is 10.6 Å². The lowest BCUT2D eigenvalue weighted by Crippen LogP contribution is -2.19. The molecule has 0 atom stereocenters. The minimum atomic E-state index is -0.175. The van der Waals surface area contributed by atoms with Crippen molar-refractivity contribution in [2.75, 3.05) is 16.4 Å². The van der Waals surface area contributed by atoms with Crippen molar-refractivity contribution in [1.82, 2.24) is 0 Å². The van der Waals surface area contributed by atoms with Crippen molar-refractivity contribution < 1.29 is 9.59 Å². The summed E-state index contributed by atoms with van der Waals surface area (Å²) < 4.78 is 0. The molecule has 0 aliphatic carbocycles. The molecular weight excluding hydrogens is 403 g/mol. The van der Waals surface area contributed by atoms with Crippen LogP contribution < -0.4 is 10.6 Å². The topological polar surface area (TPSA) is 58.2 Å². The van der Waals surface area contributed by atoms with Gasteiger partial charge in [0.1, 0.15) is 0 Å². The molecule has 0 bridgehead atoms. The first-order valence-corrected chi connectivity index (χ1v) is 10.1. The molecule has 0 spiro atoms. The Hall–Kier alpha value is -1.69. The molecule has 0 aliphatic rings. The van der Waals surface area contributed by atoms with Crippen LogP contribution in [0, 0.1) is 5.41 Å². The minimum Gasteiger partial charge on any atom is -0.326 e. The molecule has 7 heteroatoms. The van der Waals surface area contributed by atoms with E-state index in [1.165, 1.54) is 11.8 Å². The van der Waals surface area contributed by atoms with Gasteiger partial charge in [-0.25, -0.2) is 0 Å². The van der Waals surface area contributed by atoms with Crippen LogP contribution in [0.25, 0.3) is 0 Å². The molecule has 0 unspecified atom stereocenters. The number of thioether (sulfide) groups is 1. The fraction of sp³-hybridized carbons (Fsp3) is 0.300. The van der Waals surface area contributed by atoms with Crippen molar-refractivity contribution in [3.05, 3.63) is 52.5 Å². The molecule has 2 N–H and O–H groups in total. The zero-order valence-corrected chi connectivity index (χ0v) is 17.8. The van der Waals surface area contributed by atoms with E-state index in [0.29, 0.717) is 22.2 Å². The predicted octanol–water partition coefficient (Wildman–Crippen LogP) is 6.10. The van der Waals surface area contributed by atoms with Crippen molar-refractivity contribution in [2.24, 2.45) is 5.41 Å². The Morgan fingerprint density at radius 1 is 1.00 bits per heavy atom. The number of halogens is 2. The molecule has 0 fully saturated rings. The van der Waals surface area contributed by atoms with E-state index < -0.39 is 0 Å². The number of hydrogen-bond acceptors (Lipinski definition) is 3. The molecule has 4 nitrogen and oxygen atoms in total. The standard InChI is InChI=1S/C20H22Cl2N2O2S/c1-20(2,3)11-18(25)23-14-5-4-6-15(10-14)27-12-19(26)24-17-8-7-13(21)9-16(17)22/h4-10H,11-12H2,1-3H3,(H,23,25)(H,24,26). The van der Waals surface area contributed by atoms with Gasteiger partial charge in [0.15, 0.2) is 0 Å². The first-order valence-electron chi connectivity index (χ1n) is 8.40. The van der Waals surface area contributed by atoms with Gasteiger partial charge in [0.25, 0.3) is 0 Å². The lowest BCUT2D eigenvalue weighted by Gasteiger charge is -2.17. The number of anilines is 2. The third-order valence-electron chi connectivity index (χ3n) is 3.38. The highest BCUT2D eigenvalue weighted by Crippen LogP contribution is 2.27. The lowest BCUT2D eigenvalue weighted by atomic mass is 9.92. The first-order chi connectivity index (χ1) is 12.6. The molecule has 2 amide bonds. The zero-order chi connectivity index (χ0) is 20.0. The van der Waals surface area contributed by atoms with Crippen molar-refractivity contribution in [1.29, 1.82) is 0 Å². The zero-order valence-electron chi connectivity index (χ0n) is 15.4. The number of carbonyl (C=O) groups excluding carboxylic acids is 2. The van der Waals surface area contributed by atoms with Crippen molar-refractivity contribution in [3.63, 3.8) is 0 Å². The quantitative estimate of drug-likeness (QED) is 0.550. The Bertz CT molecular complexity index is 835. The molecule has 0 aliphatic heterocycles. The number of hydrogen-bond donors (Lipinski definition) is 2. The largest absolute Gasteiger partial charge is 0.326 e. The Morgan fingerprint density at radius 3 is 2.41 bits per heavy atom. The summed E-state index contributed by atoms with van der Waals surface area (Å²) in [5.74, 6) is 0.0180. The van der Waals surface area contributed by atoms with Crippen LogP contribution in [0.15, 0.2) is 47.4 Å². The van der Waals surface area contributed by atoms with Gasteiger partial charge in [-0.15, -0.1) is 11.8 Å². The number of nitrogens with one attached hydrogen (secondary N) is 2. The van der Waals surface area contributed by atoms with E-state index in [1.54, 1.807) is 18.2 Å². The summed E-state index contributed by atoms with van der Waals surface area (Å²) in [6.07, 6.45) is 0.439. The highest BCUT2D eigenvalue weighted by molar-refractivity contribution is 8.00. The fourth-order valence-corrected chi connectivity index (χ4v) is 3.49. The van der Waals surface area contributed by atoms with Crippen LogP contribution in [0.4, 0.5) is 11.4 Å². The molecule has 144 valence electrons. The van der Waals surface area contributed by atoms with Crippen molar-refractivity contribution in [2.45, 2.75) is 32.1 Å². The molecule has 0 heterocycles. The average molecular weight is 425 g/mol. The van der Waals surface area contributed by atoms with Gasteiger partial charge in [-0.05, 0) is 41.8 Å². The highest BCUT2D eigenvalue weighted by atomic mass is 35.5. The second kappa shape index (κ2) is 9.49. The Balaban J connectivity index is 1.90. The normalized spacial score (nSPS) is 11.1. The average Bonchev–Trinajstić information content (AvgIpc) is 2.54. The summed E-state index contributed by atoms with van der Waals surface area (Å²) in [5.41, 5.74) is 1.17. The van der Waals surface area contributed by atoms with Gasteiger partial charge in [0, 0.05) is 22.0 Å². The van der Waals surface area contributed by atoms with Gasteiger partial charge >= 0.3 is 0 Å². The molecule has 0 saturated heterocycles. The van der Waals surface area contributed by atoms with Crippen LogP contribution in [0.5, 0.6) is 0 Å². The number of carbonyl (C=O) groups is 2. The number of rotatable bonds is 6. The smallest absolute Gasteiger partial charge is 0.234 e. The fourth-order valence-electron chi connectivity index (χ4n) is 2.28. The second-order valence-electron chi connectivity index (χ2n) is 7.27. The van der Waals surface area contributed by atoms with Crippen LogP contribution in [0.1, 0.15) is 27.2 Å². The van der Waals surface area contributed by atoms with E-state index in [-0.39, 0.29) is 23.0 Å². The third kappa shape index (κ3) is 7.83. The molecule has 0 radical (unpaired) electrons. The van der Waals surface area contributed by atoms with Gasteiger partial charge in [-0.1, -0.05) is 50.0 Å². The van der Waals surface area contributed by atoms with Crippen LogP contribution >= 0.6 is 35.0 Å². The SMILES string of the molecule is CC(C)(C)CC(=O)Nc1cccc(SCC(=O)Nc2ccc(Cl)cc2Cl)c1. The molecule has 2 aromatic carbocycles. The summed E-state index contributed by atoms with van der Waals surface area (Å²) >= 11 is 13.3. The summed E-state index contributed by atoms with van der Waals surface area (Å²) in [6, 6.07) is 12.3. The maximum atomic E-state index is 12.1. The second-order valence-corrected chi connectivity index (χ2v) is 9.17. The maximum absolute atomic E-state index is 12.1. The van der Waals surface area contributed by atoms with Crippen molar-refractivity contribution >= 4 is 58.2 Å². The third-order valence-corrected chi connectivity index (χ3v) is 4.93. The molecular formula is C20H22Cl2N2O2S. The molecule has 2 rings (SSSR count). The summed E-state index contributed by atoms with van der Waals surface area (Å²) in [6.45, 7) is 6.05. The summed E-state index contributed by atoms with van der Waals surface area (Å²) in [5, 5.41) is 6.56. The van der Waals surface area contributed by atoms with E-state index in [0.717, 1.165) is 10.6 Å². The van der Waals surface area contributed by atoms with Gasteiger partial charge in [-0.2, -0.15) is 0 Å². The minimum absolute atomic E-state index is 0.0280. The van der Waals surface area contributed by atoms with E-state index in [9.17, 15) is 9.59 Å². The van der Waals surface area contributed by atoms with E-state index >= 15 is 0 Å². The van der Waals surface area contributed by atoms with Gasteiger partial charge in [0.05, 0.1) is 16.5 Å². The lowest BCUT2D eigenvalue weighted by molar-refractivity contribution is -0.118. The van der Waals surface area contributed by atoms with E-state index in [2.05, 4.69) is 10.6 Å². The van der Waals surface area contributed by atoms with Gasteiger partial charge in [-0.3, -0.25) is 9.59 Å². The highest BCUT2D eigenvalue weighted by Gasteiger charge is 2.16. The predicted molar refractivity (Wildman–Crippen MR) is 115 cm³/mol. The van der Waals surface area contributed by atoms with Crippen LogP contribution in [-0.2, 0) is 9.59 Å². The molecule has 2 aromatic rings. The Morgan fingerprint density at radius 2 is 1.74 bits per heavy atom. The number of amides is 2. The van der Waals surface area contributed by atoms with E-state index in [4.69, 9.17) is 23.2 Å². The molecule has 0 aromatic heterocycles. The molecule has 0 saturated carbocycles. The number of benzene rings is 2. The van der Waals surface area contributed by atoms with Crippen molar-refractivity contribution in [3.8, 4) is 0 Å². The molecule has 27 heavy (non-hydrogen) atoms. The van der Waals surface area contributed by atoms with Crippen LogP contribution in [0.3, 0.4) is 0 Å². The van der Waals surface area contributed by atoms with Crippen LogP contribution in [-0.4, -0.2) is 17.6 Å².